The van der Waals surface area contributed by atoms with Crippen LogP contribution in [0.25, 0.3) is 0 Å². The van der Waals surface area contributed by atoms with E-state index in [2.05, 4.69) is 18.4 Å². The number of ether oxygens (including phenoxy) is 2. The number of carbonyl (C=O) groups excluding carboxylic acids is 2. The van der Waals surface area contributed by atoms with Gasteiger partial charge in [-0.05, 0) is 12.8 Å². The molecule has 0 aromatic carbocycles. The number of phosphoric ester groups is 1. The molecule has 0 fully saturated rings. The normalized spacial score (nSPS) is 12.6. The fraction of sp³-hybridized carbons (Fsp3) is 0.947. The number of hydrogen-bond donors (Lipinski definition) is 5. The summed E-state index contributed by atoms with van der Waals surface area (Å²) in [6, 6.07) is 0. The summed E-state index contributed by atoms with van der Waals surface area (Å²) in [5.41, 5.74) is 0. The molecule has 300 valence electrons. The van der Waals surface area contributed by atoms with E-state index in [1.54, 1.807) is 0 Å². The first kappa shape index (κ1) is 51.0. The van der Waals surface area contributed by atoms with Gasteiger partial charge in [-0.3, -0.25) is 14.1 Å². The second-order valence-electron chi connectivity index (χ2n) is 13.6. The van der Waals surface area contributed by atoms with Gasteiger partial charge in [0.1, 0.15) is 12.7 Å². The molecule has 0 aliphatic rings. The second kappa shape index (κ2) is 39.1. The Hall–Kier alpha value is -1.07. The van der Waals surface area contributed by atoms with Crippen molar-refractivity contribution in [3.63, 3.8) is 0 Å². The molecule has 0 aromatic heterocycles. The topological polar surface area (TPSA) is 180 Å². The zero-order valence-electron chi connectivity index (χ0n) is 31.9. The van der Waals surface area contributed by atoms with Crippen molar-refractivity contribution in [3.05, 3.63) is 0 Å². The van der Waals surface area contributed by atoms with Gasteiger partial charge in [0, 0.05) is 12.8 Å². The fourth-order valence-electron chi connectivity index (χ4n) is 5.44. The van der Waals surface area contributed by atoms with Crippen LogP contribution in [-0.2, 0) is 28.2 Å². The summed E-state index contributed by atoms with van der Waals surface area (Å²) in [7, 11) is -4.50. The number of hydrogen-bond acceptors (Lipinski definition) is 9. The minimum absolute atomic E-state index is 0.0574. The van der Waals surface area contributed by atoms with Crippen molar-refractivity contribution in [1.82, 2.24) is 0 Å². The Morgan fingerprint density at radius 2 is 0.860 bits per heavy atom. The van der Waals surface area contributed by atoms with Gasteiger partial charge < -0.3 is 34.6 Å². The number of aliphatic hydroxyl groups excluding tert-OH is 3. The van der Waals surface area contributed by atoms with Gasteiger partial charge in [0.2, 0.25) is 0 Å². The highest BCUT2D eigenvalue weighted by Crippen LogP contribution is 2.35. The van der Waals surface area contributed by atoms with Gasteiger partial charge in [0.25, 0.3) is 0 Å². The van der Waals surface area contributed by atoms with E-state index in [0.717, 1.165) is 32.1 Å². The average molecular weight is 741 g/mol. The van der Waals surface area contributed by atoms with Crippen molar-refractivity contribution < 1.29 is 53.3 Å². The summed E-state index contributed by atoms with van der Waals surface area (Å²) in [4.78, 5) is 40.2. The minimum atomic E-state index is -4.50. The third-order valence-electron chi connectivity index (χ3n) is 8.55. The Morgan fingerprint density at radius 3 is 1.18 bits per heavy atom. The van der Waals surface area contributed by atoms with Gasteiger partial charge in [-0.2, -0.15) is 0 Å². The SMILES string of the molecule is CCCCCCCCCCCCCCCC(=O)OC[C@H](CO)OC(=O)CCCCCCCCCCCCCCC.O=P(O)(O)OCC(O)CO. The highest BCUT2D eigenvalue weighted by molar-refractivity contribution is 7.46. The lowest BCUT2D eigenvalue weighted by atomic mass is 10.0. The first-order valence-electron chi connectivity index (χ1n) is 20.0. The van der Waals surface area contributed by atoms with E-state index in [-0.39, 0.29) is 25.2 Å². The molecule has 0 bridgehead atoms. The molecule has 0 spiro atoms. The standard InChI is InChI=1S/C35H68O5.C3H9O6P/c1-3-5-7-9-11-13-15-17-19-21-23-25-27-29-34(37)39-32-33(31-36)40-35(38)30-28-26-24-22-20-18-16-14-12-10-8-6-4-2;4-1-3(5)2-9-10(6,7)8/h33,36H,3-32H2,1-2H3;3-5H,1-2H2,(H2,6,7,8)/t33-;/m0./s1. The third-order valence-corrected chi connectivity index (χ3v) is 9.03. The Morgan fingerprint density at radius 1 is 0.520 bits per heavy atom. The maximum atomic E-state index is 12.1. The lowest BCUT2D eigenvalue weighted by Crippen LogP contribution is -2.28. The lowest BCUT2D eigenvalue weighted by molar-refractivity contribution is -0.161. The number of phosphoric acid groups is 1. The van der Waals surface area contributed by atoms with Crippen molar-refractivity contribution in [1.29, 1.82) is 0 Å². The van der Waals surface area contributed by atoms with Crippen molar-refractivity contribution >= 4 is 19.8 Å². The van der Waals surface area contributed by atoms with Crippen LogP contribution in [0.15, 0.2) is 0 Å². The Labute approximate surface area is 304 Å². The first-order chi connectivity index (χ1) is 24.1. The largest absolute Gasteiger partial charge is 0.469 e. The molecule has 0 saturated heterocycles. The highest BCUT2D eigenvalue weighted by atomic mass is 31.2. The van der Waals surface area contributed by atoms with Crippen LogP contribution in [0.4, 0.5) is 0 Å². The van der Waals surface area contributed by atoms with Gasteiger partial charge >= 0.3 is 19.8 Å². The zero-order valence-corrected chi connectivity index (χ0v) is 32.8. The van der Waals surface area contributed by atoms with Crippen LogP contribution in [0.3, 0.4) is 0 Å². The van der Waals surface area contributed by atoms with Crippen LogP contribution in [0.5, 0.6) is 0 Å². The molecule has 11 nitrogen and oxygen atoms in total. The molecule has 12 heteroatoms. The van der Waals surface area contributed by atoms with E-state index >= 15 is 0 Å². The number of unbranched alkanes of at least 4 members (excludes halogenated alkanes) is 24. The van der Waals surface area contributed by atoms with E-state index < -0.39 is 33.2 Å². The quantitative estimate of drug-likeness (QED) is 0.0235. The number of carbonyl (C=O) groups is 2. The molecule has 2 atom stereocenters. The third kappa shape index (κ3) is 43.1. The van der Waals surface area contributed by atoms with Gasteiger partial charge in [-0.1, -0.05) is 168 Å². The van der Waals surface area contributed by atoms with Crippen LogP contribution in [-0.4, -0.2) is 75.7 Å². The smallest absolute Gasteiger partial charge is 0.462 e. The average Bonchev–Trinajstić information content (AvgIpc) is 3.09. The Balaban J connectivity index is 0. The maximum Gasteiger partial charge on any atom is 0.469 e. The lowest BCUT2D eigenvalue weighted by Gasteiger charge is -2.15. The molecule has 0 aromatic rings. The molecule has 0 aliphatic carbocycles. The molecule has 0 rings (SSSR count). The zero-order chi connectivity index (χ0) is 37.6. The molecule has 50 heavy (non-hydrogen) atoms. The van der Waals surface area contributed by atoms with Crippen LogP contribution in [0, 0.1) is 0 Å². The fourth-order valence-corrected chi connectivity index (χ4v) is 5.80. The van der Waals surface area contributed by atoms with Crippen LogP contribution in [0.2, 0.25) is 0 Å². The predicted molar refractivity (Wildman–Crippen MR) is 200 cm³/mol. The second-order valence-corrected chi connectivity index (χ2v) is 14.8. The van der Waals surface area contributed by atoms with Gasteiger partial charge in [-0.25, -0.2) is 4.57 Å². The molecular formula is C38H77O11P. The first-order valence-corrected chi connectivity index (χ1v) is 21.6. The summed E-state index contributed by atoms with van der Waals surface area (Å²) in [6.45, 7) is 2.99. The monoisotopic (exact) mass is 741 g/mol. The van der Waals surface area contributed by atoms with E-state index in [9.17, 15) is 19.3 Å². The summed E-state index contributed by atoms with van der Waals surface area (Å²) in [5.74, 6) is -0.580. The maximum absolute atomic E-state index is 12.1. The van der Waals surface area contributed by atoms with E-state index in [1.165, 1.54) is 135 Å². The molecule has 0 saturated carbocycles. The number of aliphatic hydroxyl groups is 3. The molecule has 0 aliphatic heterocycles. The van der Waals surface area contributed by atoms with Gasteiger partial charge in [0.15, 0.2) is 6.10 Å². The molecule has 1 unspecified atom stereocenters. The highest BCUT2D eigenvalue weighted by Gasteiger charge is 2.17. The van der Waals surface area contributed by atoms with Gasteiger partial charge in [0.05, 0.1) is 19.8 Å². The molecular weight excluding hydrogens is 663 g/mol. The molecule has 0 heterocycles. The Kier molecular flexibility index (Phi) is 40.0. The minimum Gasteiger partial charge on any atom is -0.462 e. The molecule has 0 amide bonds. The van der Waals surface area contributed by atoms with Crippen molar-refractivity contribution in [2.24, 2.45) is 0 Å². The van der Waals surface area contributed by atoms with E-state index in [4.69, 9.17) is 29.5 Å². The summed E-state index contributed by atoms with van der Waals surface area (Å²) < 4.78 is 24.3. The Bertz CT molecular complexity index is 778. The summed E-state index contributed by atoms with van der Waals surface area (Å²) >= 11 is 0. The van der Waals surface area contributed by atoms with Crippen LogP contribution < -0.4 is 0 Å². The van der Waals surface area contributed by atoms with Gasteiger partial charge in [-0.15, -0.1) is 0 Å². The van der Waals surface area contributed by atoms with Crippen molar-refractivity contribution in [2.45, 2.75) is 206 Å². The summed E-state index contributed by atoms with van der Waals surface area (Å²) in [6.07, 6.45) is 31.7. The predicted octanol–water partition coefficient (Wildman–Crippen LogP) is 8.85. The summed E-state index contributed by atoms with van der Waals surface area (Å²) in [5, 5.41) is 26.2. The van der Waals surface area contributed by atoms with Crippen molar-refractivity contribution in [2.75, 3.05) is 26.4 Å². The van der Waals surface area contributed by atoms with Crippen LogP contribution in [0.1, 0.15) is 194 Å². The van der Waals surface area contributed by atoms with Crippen LogP contribution >= 0.6 is 7.82 Å². The molecule has 5 N–H and O–H groups in total. The van der Waals surface area contributed by atoms with E-state index in [0.29, 0.717) is 12.8 Å². The molecule has 0 radical (unpaired) electrons. The van der Waals surface area contributed by atoms with Crippen molar-refractivity contribution in [3.8, 4) is 0 Å². The number of esters is 2. The number of rotatable bonds is 36. The van der Waals surface area contributed by atoms with E-state index in [1.807, 2.05) is 0 Å².